The first-order valence-corrected chi connectivity index (χ1v) is 17.7. The number of nitrogens with zero attached hydrogens (tertiary/aromatic N) is 2. The van der Waals surface area contributed by atoms with Crippen LogP contribution in [0.1, 0.15) is 5.56 Å². The molecule has 3 heteroatoms. The van der Waals surface area contributed by atoms with Crippen LogP contribution in [0.15, 0.2) is 60.8 Å². The molecule has 0 bridgehead atoms. The Kier molecular flexibility index (Phi) is 3.29. The monoisotopic (exact) mass is 439 g/mol. The van der Waals surface area contributed by atoms with Crippen molar-refractivity contribution in [1.29, 1.82) is 0 Å². The number of benzene rings is 3. The zero-order chi connectivity index (χ0) is 20.1. The van der Waals surface area contributed by atoms with Crippen molar-refractivity contribution in [2.75, 3.05) is 0 Å². The Morgan fingerprint density at radius 3 is 2.45 bits per heavy atom. The molecule has 0 unspecified atom stereocenters. The van der Waals surface area contributed by atoms with E-state index >= 15 is 0 Å². The molecule has 0 amide bonds. The molecule has 0 radical (unpaired) electrons. The zero-order valence-electron chi connectivity index (χ0n) is 17.7. The van der Waals surface area contributed by atoms with Crippen molar-refractivity contribution in [1.82, 2.24) is 4.40 Å². The van der Waals surface area contributed by atoms with Crippen molar-refractivity contribution in [2.24, 2.45) is 7.05 Å². The van der Waals surface area contributed by atoms with Crippen LogP contribution in [0.2, 0.25) is 17.3 Å². The van der Waals surface area contributed by atoms with Crippen molar-refractivity contribution < 1.29 is 4.57 Å². The fourth-order valence-corrected chi connectivity index (χ4v) is 7.53. The zero-order valence-corrected chi connectivity index (χ0v) is 19.8. The molecule has 2 nitrogen and oxygen atoms in total. The summed E-state index contributed by atoms with van der Waals surface area (Å²) in [5.41, 5.74) is 6.69. The summed E-state index contributed by atoms with van der Waals surface area (Å²) >= 11 is -1.94. The summed E-state index contributed by atoms with van der Waals surface area (Å²) < 4.78 is 6.40. The molecule has 0 aliphatic carbocycles. The maximum atomic E-state index is 2.53. The maximum absolute atomic E-state index is 2.53. The van der Waals surface area contributed by atoms with Gasteiger partial charge in [0.05, 0.1) is 0 Å². The fourth-order valence-electron chi connectivity index (χ4n) is 5.11. The average Bonchev–Trinajstić information content (AvgIpc) is 3.02. The molecule has 0 saturated heterocycles. The molecule has 6 aromatic rings. The molecular weight excluding hydrogens is 413 g/mol. The van der Waals surface area contributed by atoms with Gasteiger partial charge in [-0.05, 0) is 0 Å². The number of hydrogen-bond donors (Lipinski definition) is 0. The molecule has 0 atom stereocenters. The third-order valence-electron chi connectivity index (χ3n) is 6.63. The second-order valence-electron chi connectivity index (χ2n) is 9.49. The molecular formula is C26H25GeN2+. The van der Waals surface area contributed by atoms with E-state index in [9.17, 15) is 0 Å². The fraction of sp³-hybridized carbons (Fsp3) is 0.192. The molecule has 0 aliphatic heterocycles. The van der Waals surface area contributed by atoms with Gasteiger partial charge in [-0.3, -0.25) is 0 Å². The molecule has 0 saturated carbocycles. The molecule has 3 aromatic heterocycles. The molecule has 6 rings (SSSR count). The van der Waals surface area contributed by atoms with Gasteiger partial charge >= 0.3 is 173 Å². The summed E-state index contributed by atoms with van der Waals surface area (Å²) in [5.74, 6) is 7.43. The van der Waals surface area contributed by atoms with Crippen LogP contribution in [0.5, 0.6) is 0 Å². The average molecular weight is 438 g/mol. The van der Waals surface area contributed by atoms with Gasteiger partial charge in [-0.2, -0.15) is 0 Å². The van der Waals surface area contributed by atoms with E-state index in [-0.39, 0.29) is 0 Å². The summed E-state index contributed by atoms with van der Waals surface area (Å²) in [6.45, 7) is 2.24. The van der Waals surface area contributed by atoms with Gasteiger partial charge in [-0.25, -0.2) is 0 Å². The molecule has 0 spiro atoms. The SMILES string of the molecule is Cc1ccc2cccc3c2c1c1c2c(cc[n+]1C)c1cc[c]([Ge]([CH3])([CH3])[CH3])cc1n32. The number of hydrogen-bond acceptors (Lipinski definition) is 0. The number of rotatable bonds is 1. The number of aryl methyl sites for hydroxylation is 2. The normalized spacial score (nSPS) is 13.0. The predicted molar refractivity (Wildman–Crippen MR) is 128 cm³/mol. The first-order chi connectivity index (χ1) is 13.9. The molecule has 3 heterocycles. The molecule has 0 fully saturated rings. The van der Waals surface area contributed by atoms with Crippen LogP contribution in [0.25, 0.3) is 49.0 Å². The van der Waals surface area contributed by atoms with Crippen LogP contribution in [-0.2, 0) is 7.05 Å². The van der Waals surface area contributed by atoms with E-state index in [1.54, 1.807) is 4.40 Å². The third-order valence-corrected chi connectivity index (χ3v) is 10.9. The molecule has 3 aromatic carbocycles. The van der Waals surface area contributed by atoms with Crippen LogP contribution in [0, 0.1) is 6.92 Å². The minimum atomic E-state index is -1.94. The van der Waals surface area contributed by atoms with E-state index in [4.69, 9.17) is 0 Å². The van der Waals surface area contributed by atoms with Gasteiger partial charge in [-0.15, -0.1) is 0 Å². The molecule has 29 heavy (non-hydrogen) atoms. The summed E-state index contributed by atoms with van der Waals surface area (Å²) in [4.78, 5) is 0. The van der Waals surface area contributed by atoms with E-state index in [2.05, 4.69) is 101 Å². The van der Waals surface area contributed by atoms with Crippen LogP contribution < -0.4 is 8.96 Å². The van der Waals surface area contributed by atoms with Crippen LogP contribution in [0.3, 0.4) is 0 Å². The van der Waals surface area contributed by atoms with Gasteiger partial charge in [0, 0.05) is 0 Å². The second-order valence-corrected chi connectivity index (χ2v) is 20.1. The van der Waals surface area contributed by atoms with Gasteiger partial charge < -0.3 is 0 Å². The Hall–Kier alpha value is -2.59. The van der Waals surface area contributed by atoms with Crippen molar-refractivity contribution >= 4 is 66.7 Å². The Balaban J connectivity index is 2.03. The van der Waals surface area contributed by atoms with E-state index in [0.717, 1.165) is 0 Å². The second kappa shape index (κ2) is 5.51. The van der Waals surface area contributed by atoms with Crippen molar-refractivity contribution in [2.45, 2.75) is 24.2 Å². The number of aromatic nitrogens is 2. The Morgan fingerprint density at radius 1 is 0.828 bits per heavy atom. The minimum absolute atomic E-state index is 1.32. The van der Waals surface area contributed by atoms with E-state index in [1.807, 2.05) is 0 Å². The van der Waals surface area contributed by atoms with Gasteiger partial charge in [0.15, 0.2) is 0 Å². The number of pyridine rings is 2. The van der Waals surface area contributed by atoms with Crippen LogP contribution >= 0.6 is 0 Å². The van der Waals surface area contributed by atoms with Gasteiger partial charge in [0.25, 0.3) is 0 Å². The Morgan fingerprint density at radius 2 is 1.66 bits per heavy atom. The van der Waals surface area contributed by atoms with E-state index < -0.39 is 13.3 Å². The third kappa shape index (κ3) is 2.15. The molecule has 0 aliphatic rings. The quantitative estimate of drug-likeness (QED) is 0.135. The van der Waals surface area contributed by atoms with Gasteiger partial charge in [-0.1, -0.05) is 0 Å². The van der Waals surface area contributed by atoms with Gasteiger partial charge in [0.1, 0.15) is 0 Å². The molecule has 0 N–H and O–H groups in total. The molecule has 142 valence electrons. The Bertz CT molecular complexity index is 1600. The summed E-state index contributed by atoms with van der Waals surface area (Å²) in [5, 5.41) is 6.79. The predicted octanol–water partition coefficient (Wildman–Crippen LogP) is 5.67. The topological polar surface area (TPSA) is 8.29 Å². The first-order valence-electron chi connectivity index (χ1n) is 10.4. The van der Waals surface area contributed by atoms with Crippen molar-refractivity contribution in [3.63, 3.8) is 0 Å². The van der Waals surface area contributed by atoms with E-state index in [1.165, 1.54) is 54.6 Å². The van der Waals surface area contributed by atoms with Crippen molar-refractivity contribution in [3.05, 3.63) is 66.4 Å². The summed E-state index contributed by atoms with van der Waals surface area (Å²) in [6.07, 6.45) is 2.23. The standard InChI is InChI=1S/C26H25GeN2/c1-16-9-10-17-7-6-8-21-24(17)23(16)26-25-20(13-14-28(26)5)19-12-11-18(27(2,3)4)15-22(19)29(21)25/h6-15H,1-5H3/q+1. The van der Waals surface area contributed by atoms with Gasteiger partial charge in [0.2, 0.25) is 0 Å². The van der Waals surface area contributed by atoms with Crippen LogP contribution in [-0.4, -0.2) is 17.7 Å². The summed E-state index contributed by atoms with van der Waals surface area (Å²) in [7, 11) is 2.18. The van der Waals surface area contributed by atoms with Crippen LogP contribution in [0.4, 0.5) is 0 Å². The summed E-state index contributed by atoms with van der Waals surface area (Å²) in [6, 6.07) is 20.8. The van der Waals surface area contributed by atoms with Crippen molar-refractivity contribution in [3.8, 4) is 0 Å². The van der Waals surface area contributed by atoms with E-state index in [0.29, 0.717) is 0 Å². The number of fused-ring (bicyclic) bond motifs is 5. The first kappa shape index (κ1) is 17.3. The Labute approximate surface area is 173 Å².